The molecular formula is C19H22FN3O2. The molecule has 0 radical (unpaired) electrons. The molecule has 0 unspecified atom stereocenters. The first-order chi connectivity index (χ1) is 12.1. The van der Waals surface area contributed by atoms with Gasteiger partial charge < -0.3 is 9.64 Å². The van der Waals surface area contributed by atoms with Gasteiger partial charge in [0.05, 0.1) is 30.1 Å². The standard InChI is InChI=1S/C19H22FN3O2/c1-22-18-14(10-21-22)8-9-23(17(18)12-25-11-13-6-7-13)19(24)15-4-2-3-5-16(15)20/h2-5,10,13,17H,6-9,11-12H2,1H3/t17-/m1/s1. The van der Waals surface area contributed by atoms with Gasteiger partial charge in [-0.25, -0.2) is 4.39 Å². The predicted octanol–water partition coefficient (Wildman–Crippen LogP) is 2.73. The van der Waals surface area contributed by atoms with Crippen LogP contribution in [0.3, 0.4) is 0 Å². The summed E-state index contributed by atoms with van der Waals surface area (Å²) < 4.78 is 21.8. The summed E-state index contributed by atoms with van der Waals surface area (Å²) >= 11 is 0. The largest absolute Gasteiger partial charge is 0.379 e. The van der Waals surface area contributed by atoms with Crippen LogP contribution in [0.5, 0.6) is 0 Å². The van der Waals surface area contributed by atoms with Gasteiger partial charge in [0.25, 0.3) is 5.91 Å². The molecule has 2 heterocycles. The molecule has 1 fully saturated rings. The Balaban J connectivity index is 1.61. The summed E-state index contributed by atoms with van der Waals surface area (Å²) in [6, 6.07) is 5.91. The molecule has 1 aliphatic heterocycles. The average molecular weight is 343 g/mol. The summed E-state index contributed by atoms with van der Waals surface area (Å²) in [5.41, 5.74) is 2.24. The van der Waals surface area contributed by atoms with E-state index in [0.29, 0.717) is 19.1 Å². The zero-order valence-electron chi connectivity index (χ0n) is 14.3. The van der Waals surface area contributed by atoms with Gasteiger partial charge in [-0.05, 0) is 42.9 Å². The minimum atomic E-state index is -0.485. The lowest BCUT2D eigenvalue weighted by Crippen LogP contribution is -2.43. The predicted molar refractivity (Wildman–Crippen MR) is 90.6 cm³/mol. The van der Waals surface area contributed by atoms with Crippen molar-refractivity contribution in [3.8, 4) is 0 Å². The molecule has 2 aliphatic rings. The molecular weight excluding hydrogens is 321 g/mol. The van der Waals surface area contributed by atoms with E-state index in [1.807, 2.05) is 13.2 Å². The van der Waals surface area contributed by atoms with Crippen LogP contribution in [-0.4, -0.2) is 40.3 Å². The highest BCUT2D eigenvalue weighted by Crippen LogP contribution is 2.33. The topological polar surface area (TPSA) is 47.4 Å². The lowest BCUT2D eigenvalue weighted by atomic mass is 9.99. The molecule has 6 heteroatoms. The Hall–Kier alpha value is -2.21. The summed E-state index contributed by atoms with van der Waals surface area (Å²) in [6.07, 6.45) is 5.02. The maximum absolute atomic E-state index is 14.1. The molecule has 1 saturated carbocycles. The normalized spacial score (nSPS) is 19.8. The Kier molecular flexibility index (Phi) is 4.29. The summed E-state index contributed by atoms with van der Waals surface area (Å²) in [7, 11) is 1.88. The van der Waals surface area contributed by atoms with E-state index in [9.17, 15) is 9.18 Å². The third-order valence-electron chi connectivity index (χ3n) is 5.07. The van der Waals surface area contributed by atoms with Crippen LogP contribution in [0.15, 0.2) is 30.5 Å². The zero-order valence-corrected chi connectivity index (χ0v) is 14.3. The first-order valence-corrected chi connectivity index (χ1v) is 8.79. The highest BCUT2D eigenvalue weighted by Gasteiger charge is 2.35. The van der Waals surface area contributed by atoms with Gasteiger partial charge in [0.2, 0.25) is 0 Å². The van der Waals surface area contributed by atoms with Gasteiger partial charge in [0.1, 0.15) is 5.82 Å². The summed E-state index contributed by atoms with van der Waals surface area (Å²) in [5, 5.41) is 4.34. The van der Waals surface area contributed by atoms with Gasteiger partial charge in [0.15, 0.2) is 0 Å². The fourth-order valence-corrected chi connectivity index (χ4v) is 3.49. The van der Waals surface area contributed by atoms with Crippen LogP contribution >= 0.6 is 0 Å². The molecule has 0 N–H and O–H groups in total. The SMILES string of the molecule is Cn1ncc2c1[C@@H](COCC1CC1)N(C(=O)c1ccccc1F)CC2. The second-order valence-electron chi connectivity index (χ2n) is 6.90. The molecule has 0 bridgehead atoms. The van der Waals surface area contributed by atoms with E-state index in [2.05, 4.69) is 5.10 Å². The Morgan fingerprint density at radius 2 is 2.12 bits per heavy atom. The molecule has 25 heavy (non-hydrogen) atoms. The van der Waals surface area contributed by atoms with Gasteiger partial charge in [-0.15, -0.1) is 0 Å². The molecule has 1 aromatic heterocycles. The van der Waals surface area contributed by atoms with Crippen molar-refractivity contribution >= 4 is 5.91 Å². The Morgan fingerprint density at radius 3 is 2.88 bits per heavy atom. The minimum absolute atomic E-state index is 0.111. The van der Waals surface area contributed by atoms with Gasteiger partial charge in [-0.1, -0.05) is 12.1 Å². The number of aryl methyl sites for hydroxylation is 1. The lowest BCUT2D eigenvalue weighted by molar-refractivity contribution is 0.0345. The van der Waals surface area contributed by atoms with Gasteiger partial charge in [-0.2, -0.15) is 5.10 Å². The number of ether oxygens (including phenoxy) is 1. The van der Waals surface area contributed by atoms with E-state index >= 15 is 0 Å². The van der Waals surface area contributed by atoms with E-state index in [4.69, 9.17) is 4.74 Å². The van der Waals surface area contributed by atoms with Crippen LogP contribution in [0.25, 0.3) is 0 Å². The van der Waals surface area contributed by atoms with Gasteiger partial charge in [0, 0.05) is 20.2 Å². The summed E-state index contributed by atoms with van der Waals surface area (Å²) in [4.78, 5) is 14.7. The summed E-state index contributed by atoms with van der Waals surface area (Å²) in [6.45, 7) is 1.69. The van der Waals surface area contributed by atoms with Gasteiger partial charge in [-0.3, -0.25) is 9.48 Å². The van der Waals surface area contributed by atoms with Crippen LogP contribution in [0.2, 0.25) is 0 Å². The molecule has 1 aliphatic carbocycles. The highest BCUT2D eigenvalue weighted by molar-refractivity contribution is 5.95. The molecule has 1 atom stereocenters. The van der Waals surface area contributed by atoms with Crippen molar-refractivity contribution in [1.82, 2.24) is 14.7 Å². The molecule has 1 amide bonds. The number of rotatable bonds is 5. The second-order valence-corrected chi connectivity index (χ2v) is 6.90. The number of amides is 1. The van der Waals surface area contributed by atoms with E-state index < -0.39 is 5.82 Å². The van der Waals surface area contributed by atoms with Crippen molar-refractivity contribution in [3.05, 3.63) is 53.1 Å². The fourth-order valence-electron chi connectivity index (χ4n) is 3.49. The van der Waals surface area contributed by atoms with Crippen molar-refractivity contribution in [3.63, 3.8) is 0 Å². The number of halogens is 1. The van der Waals surface area contributed by atoms with Crippen molar-refractivity contribution in [2.24, 2.45) is 13.0 Å². The smallest absolute Gasteiger partial charge is 0.257 e. The monoisotopic (exact) mass is 343 g/mol. The molecule has 0 saturated heterocycles. The first-order valence-electron chi connectivity index (χ1n) is 8.79. The van der Waals surface area contributed by atoms with E-state index in [0.717, 1.165) is 24.3 Å². The summed E-state index contributed by atoms with van der Waals surface area (Å²) in [5.74, 6) is -0.115. The van der Waals surface area contributed by atoms with Crippen LogP contribution in [0.1, 0.15) is 40.5 Å². The number of carbonyl (C=O) groups excluding carboxylic acids is 1. The zero-order chi connectivity index (χ0) is 17.4. The Labute approximate surface area is 146 Å². The average Bonchev–Trinajstić information content (AvgIpc) is 3.36. The number of fused-ring (bicyclic) bond motifs is 1. The van der Waals surface area contributed by atoms with Crippen LogP contribution in [0.4, 0.5) is 4.39 Å². The number of nitrogens with zero attached hydrogens (tertiary/aromatic N) is 3. The first kappa shape index (κ1) is 16.3. The molecule has 0 spiro atoms. The molecule has 5 nitrogen and oxygen atoms in total. The van der Waals surface area contributed by atoms with E-state index in [1.165, 1.54) is 18.9 Å². The second kappa shape index (κ2) is 6.59. The fraction of sp³-hybridized carbons (Fsp3) is 0.474. The van der Waals surface area contributed by atoms with Crippen molar-refractivity contribution < 1.29 is 13.9 Å². The van der Waals surface area contributed by atoms with E-state index in [1.54, 1.807) is 27.8 Å². The maximum Gasteiger partial charge on any atom is 0.257 e. The third-order valence-corrected chi connectivity index (χ3v) is 5.07. The van der Waals surface area contributed by atoms with Crippen LogP contribution < -0.4 is 0 Å². The van der Waals surface area contributed by atoms with Crippen LogP contribution in [-0.2, 0) is 18.2 Å². The Morgan fingerprint density at radius 1 is 1.32 bits per heavy atom. The molecule has 132 valence electrons. The molecule has 2 aromatic rings. The quantitative estimate of drug-likeness (QED) is 0.839. The molecule has 4 rings (SSSR count). The Bertz CT molecular complexity index is 785. The van der Waals surface area contributed by atoms with Crippen molar-refractivity contribution in [2.45, 2.75) is 25.3 Å². The van der Waals surface area contributed by atoms with Crippen LogP contribution in [0, 0.1) is 11.7 Å². The number of carbonyl (C=O) groups is 1. The number of hydrogen-bond donors (Lipinski definition) is 0. The lowest BCUT2D eigenvalue weighted by Gasteiger charge is -2.36. The van der Waals surface area contributed by atoms with Gasteiger partial charge >= 0.3 is 0 Å². The number of benzene rings is 1. The molecule has 1 aromatic carbocycles. The third kappa shape index (κ3) is 3.18. The highest BCUT2D eigenvalue weighted by atomic mass is 19.1. The number of hydrogen-bond acceptors (Lipinski definition) is 3. The maximum atomic E-state index is 14.1. The number of aromatic nitrogens is 2. The van der Waals surface area contributed by atoms with E-state index in [-0.39, 0.29) is 17.5 Å². The minimum Gasteiger partial charge on any atom is -0.379 e. The van der Waals surface area contributed by atoms with Crippen molar-refractivity contribution in [2.75, 3.05) is 19.8 Å². The van der Waals surface area contributed by atoms with Crippen molar-refractivity contribution in [1.29, 1.82) is 0 Å².